The molecule has 1 atom stereocenters. The summed E-state index contributed by atoms with van der Waals surface area (Å²) < 4.78 is 37.1. The Labute approximate surface area is 70.1 Å². The van der Waals surface area contributed by atoms with Crippen molar-refractivity contribution in [2.24, 2.45) is 11.7 Å². The van der Waals surface area contributed by atoms with E-state index in [2.05, 4.69) is 0 Å². The van der Waals surface area contributed by atoms with Crippen molar-refractivity contribution in [1.29, 1.82) is 0 Å². The van der Waals surface area contributed by atoms with Crippen LogP contribution in [0.5, 0.6) is 0 Å². The van der Waals surface area contributed by atoms with Gasteiger partial charge in [0.05, 0.1) is 5.92 Å². The number of halogens is 3. The van der Waals surface area contributed by atoms with Crippen LogP contribution in [-0.2, 0) is 0 Å². The van der Waals surface area contributed by atoms with E-state index in [4.69, 9.17) is 5.73 Å². The molecule has 0 radical (unpaired) electrons. The normalized spacial score (nSPS) is 23.8. The fourth-order valence-electron chi connectivity index (χ4n) is 1.56. The Balaban J connectivity index is 2.62. The number of hydrogen-bond donors (Lipinski definition) is 1. The standard InChI is InChI=1S/C8H14F3N/c1-2-3-6(8(9,10)11)7(12)4-5-7/h6H,2-5,12H2,1H3. The van der Waals surface area contributed by atoms with E-state index in [0.717, 1.165) is 0 Å². The van der Waals surface area contributed by atoms with Crippen LogP contribution in [0, 0.1) is 5.92 Å². The van der Waals surface area contributed by atoms with Crippen LogP contribution in [0.3, 0.4) is 0 Å². The Hall–Kier alpha value is -0.250. The average Bonchev–Trinajstić information content (AvgIpc) is 2.61. The maximum atomic E-state index is 12.4. The highest BCUT2D eigenvalue weighted by molar-refractivity contribution is 5.05. The molecule has 0 heterocycles. The predicted molar refractivity (Wildman–Crippen MR) is 40.6 cm³/mol. The summed E-state index contributed by atoms with van der Waals surface area (Å²) in [6, 6.07) is 0. The van der Waals surface area contributed by atoms with Crippen LogP contribution < -0.4 is 5.73 Å². The Kier molecular flexibility index (Phi) is 2.38. The lowest BCUT2D eigenvalue weighted by molar-refractivity contribution is -0.184. The second kappa shape index (κ2) is 2.91. The summed E-state index contributed by atoms with van der Waals surface area (Å²) in [7, 11) is 0. The van der Waals surface area contributed by atoms with Gasteiger partial charge in [0, 0.05) is 5.54 Å². The summed E-state index contributed by atoms with van der Waals surface area (Å²) in [5.41, 5.74) is 4.62. The Morgan fingerprint density at radius 1 is 1.42 bits per heavy atom. The van der Waals surface area contributed by atoms with Crippen molar-refractivity contribution < 1.29 is 13.2 Å². The lowest BCUT2D eigenvalue weighted by atomic mass is 9.92. The van der Waals surface area contributed by atoms with Crippen molar-refractivity contribution >= 4 is 0 Å². The van der Waals surface area contributed by atoms with E-state index in [1.54, 1.807) is 6.92 Å². The minimum absolute atomic E-state index is 0.167. The second-order valence-corrected chi connectivity index (χ2v) is 3.62. The van der Waals surface area contributed by atoms with Gasteiger partial charge in [-0.1, -0.05) is 13.3 Å². The van der Waals surface area contributed by atoms with E-state index < -0.39 is 17.6 Å². The van der Waals surface area contributed by atoms with Gasteiger partial charge in [-0.15, -0.1) is 0 Å². The van der Waals surface area contributed by atoms with Gasteiger partial charge in [-0.3, -0.25) is 0 Å². The maximum absolute atomic E-state index is 12.4. The number of rotatable bonds is 3. The van der Waals surface area contributed by atoms with Crippen LogP contribution in [0.15, 0.2) is 0 Å². The molecule has 2 N–H and O–H groups in total. The molecule has 72 valence electrons. The first-order chi connectivity index (χ1) is 5.40. The summed E-state index contributed by atoms with van der Waals surface area (Å²) in [6.07, 6.45) is -2.35. The Bertz CT molecular complexity index is 155. The lowest BCUT2D eigenvalue weighted by Crippen LogP contribution is -2.41. The quantitative estimate of drug-likeness (QED) is 0.711. The first-order valence-corrected chi connectivity index (χ1v) is 4.26. The number of nitrogens with two attached hydrogens (primary N) is 1. The van der Waals surface area contributed by atoms with Crippen LogP contribution in [-0.4, -0.2) is 11.7 Å². The van der Waals surface area contributed by atoms with E-state index in [9.17, 15) is 13.2 Å². The molecule has 1 rings (SSSR count). The molecule has 1 aliphatic rings. The number of alkyl halides is 3. The third kappa shape index (κ3) is 1.91. The SMILES string of the molecule is CCCC(C(F)(F)F)C1(N)CC1. The van der Waals surface area contributed by atoms with Crippen LogP contribution in [0.4, 0.5) is 13.2 Å². The molecule has 1 saturated carbocycles. The molecule has 12 heavy (non-hydrogen) atoms. The summed E-state index contributed by atoms with van der Waals surface area (Å²) in [4.78, 5) is 0. The molecule has 1 unspecified atom stereocenters. The molecule has 1 nitrogen and oxygen atoms in total. The van der Waals surface area contributed by atoms with Gasteiger partial charge in [0.1, 0.15) is 0 Å². The first kappa shape index (κ1) is 9.84. The van der Waals surface area contributed by atoms with Gasteiger partial charge >= 0.3 is 6.18 Å². The number of hydrogen-bond acceptors (Lipinski definition) is 1. The predicted octanol–water partition coefficient (Wildman–Crippen LogP) is 2.46. The van der Waals surface area contributed by atoms with Gasteiger partial charge in [0.15, 0.2) is 0 Å². The molecule has 0 amide bonds. The monoisotopic (exact) mass is 181 g/mol. The van der Waals surface area contributed by atoms with Crippen molar-refractivity contribution in [1.82, 2.24) is 0 Å². The van der Waals surface area contributed by atoms with Crippen molar-refractivity contribution in [3.8, 4) is 0 Å². The van der Waals surface area contributed by atoms with Crippen LogP contribution >= 0.6 is 0 Å². The smallest absolute Gasteiger partial charge is 0.325 e. The van der Waals surface area contributed by atoms with Crippen LogP contribution in [0.25, 0.3) is 0 Å². The topological polar surface area (TPSA) is 26.0 Å². The van der Waals surface area contributed by atoms with Gasteiger partial charge in [-0.25, -0.2) is 0 Å². The largest absolute Gasteiger partial charge is 0.393 e. The van der Waals surface area contributed by atoms with Gasteiger partial charge in [0.2, 0.25) is 0 Å². The van der Waals surface area contributed by atoms with Gasteiger partial charge in [0.25, 0.3) is 0 Å². The molecule has 0 saturated heterocycles. The fraction of sp³-hybridized carbons (Fsp3) is 1.00. The zero-order chi connectivity index (χ0) is 9.41. The minimum Gasteiger partial charge on any atom is -0.325 e. The highest BCUT2D eigenvalue weighted by atomic mass is 19.4. The molecule has 1 aliphatic carbocycles. The van der Waals surface area contributed by atoms with Crippen LogP contribution in [0.2, 0.25) is 0 Å². The van der Waals surface area contributed by atoms with E-state index in [-0.39, 0.29) is 6.42 Å². The van der Waals surface area contributed by atoms with E-state index in [1.165, 1.54) is 0 Å². The van der Waals surface area contributed by atoms with Gasteiger partial charge in [-0.2, -0.15) is 13.2 Å². The lowest BCUT2D eigenvalue weighted by Gasteiger charge is -2.25. The Morgan fingerprint density at radius 3 is 2.17 bits per heavy atom. The van der Waals surface area contributed by atoms with Gasteiger partial charge < -0.3 is 5.73 Å². The second-order valence-electron chi connectivity index (χ2n) is 3.62. The maximum Gasteiger partial charge on any atom is 0.393 e. The first-order valence-electron chi connectivity index (χ1n) is 4.26. The van der Waals surface area contributed by atoms with Crippen molar-refractivity contribution in [2.45, 2.75) is 44.3 Å². The molecule has 0 aromatic rings. The molecule has 0 aromatic heterocycles. The molecule has 4 heteroatoms. The summed E-state index contributed by atoms with van der Waals surface area (Å²) in [5.74, 6) is -1.28. The molecule has 0 bridgehead atoms. The third-order valence-corrected chi connectivity index (χ3v) is 2.49. The van der Waals surface area contributed by atoms with Crippen molar-refractivity contribution in [3.05, 3.63) is 0 Å². The highest BCUT2D eigenvalue weighted by Crippen LogP contribution is 2.48. The summed E-state index contributed by atoms with van der Waals surface area (Å²) in [5, 5.41) is 0. The molecule has 0 spiro atoms. The van der Waals surface area contributed by atoms with E-state index in [0.29, 0.717) is 19.3 Å². The minimum atomic E-state index is -4.11. The van der Waals surface area contributed by atoms with Crippen LogP contribution in [0.1, 0.15) is 32.6 Å². The highest BCUT2D eigenvalue weighted by Gasteiger charge is 2.56. The fourth-order valence-corrected chi connectivity index (χ4v) is 1.56. The van der Waals surface area contributed by atoms with E-state index >= 15 is 0 Å². The molecule has 0 aromatic carbocycles. The molecular weight excluding hydrogens is 167 g/mol. The van der Waals surface area contributed by atoms with Gasteiger partial charge in [-0.05, 0) is 19.3 Å². The molecule has 0 aliphatic heterocycles. The van der Waals surface area contributed by atoms with Crippen molar-refractivity contribution in [2.75, 3.05) is 0 Å². The summed E-state index contributed by atoms with van der Waals surface area (Å²) >= 11 is 0. The third-order valence-electron chi connectivity index (χ3n) is 2.49. The zero-order valence-electron chi connectivity index (χ0n) is 7.12. The summed E-state index contributed by atoms with van der Waals surface area (Å²) in [6.45, 7) is 1.75. The average molecular weight is 181 g/mol. The van der Waals surface area contributed by atoms with Crippen molar-refractivity contribution in [3.63, 3.8) is 0 Å². The molecule has 1 fully saturated rings. The van der Waals surface area contributed by atoms with E-state index in [1.807, 2.05) is 0 Å². The molecular formula is C8H14F3N. The zero-order valence-corrected chi connectivity index (χ0v) is 7.12. The Morgan fingerprint density at radius 2 is 1.92 bits per heavy atom.